The Morgan fingerprint density at radius 2 is 2.33 bits per heavy atom. The Morgan fingerprint density at radius 3 is 3.06 bits per heavy atom. The van der Waals surface area contributed by atoms with E-state index in [2.05, 4.69) is 15.1 Å². The Balaban J connectivity index is 2.15. The van der Waals surface area contributed by atoms with E-state index in [1.165, 1.54) is 4.68 Å². The summed E-state index contributed by atoms with van der Waals surface area (Å²) in [6, 6.07) is 5.27. The van der Waals surface area contributed by atoms with Crippen LogP contribution in [0.4, 0.5) is 5.82 Å². The SMILES string of the molecule is Cc1cc(N)n(C(=O)c2c[nH]c3ncccc23)n1. The van der Waals surface area contributed by atoms with Crippen LogP contribution in [0.1, 0.15) is 16.1 Å². The fourth-order valence-electron chi connectivity index (χ4n) is 1.93. The zero-order chi connectivity index (χ0) is 12.7. The van der Waals surface area contributed by atoms with Crippen LogP contribution >= 0.6 is 0 Å². The Hall–Kier alpha value is -2.63. The maximum atomic E-state index is 12.3. The number of H-pyrrole nitrogens is 1. The molecule has 0 amide bonds. The standard InChI is InChI=1S/C12H11N5O/c1-7-5-10(13)17(16-7)12(18)9-6-15-11-8(9)3-2-4-14-11/h2-6H,13H2,1H3,(H,14,15). The second kappa shape index (κ2) is 3.69. The lowest BCUT2D eigenvalue weighted by atomic mass is 10.2. The highest BCUT2D eigenvalue weighted by atomic mass is 16.2. The molecule has 0 fully saturated rings. The predicted molar refractivity (Wildman–Crippen MR) is 67.2 cm³/mol. The van der Waals surface area contributed by atoms with Crippen molar-refractivity contribution in [2.24, 2.45) is 0 Å². The lowest BCUT2D eigenvalue weighted by molar-refractivity contribution is 0.0949. The van der Waals surface area contributed by atoms with E-state index < -0.39 is 0 Å². The van der Waals surface area contributed by atoms with Crippen LogP contribution in [-0.4, -0.2) is 25.7 Å². The predicted octanol–water partition coefficient (Wildman–Crippen LogP) is 1.34. The molecule has 3 aromatic heterocycles. The maximum Gasteiger partial charge on any atom is 0.282 e. The normalized spacial score (nSPS) is 10.9. The molecule has 18 heavy (non-hydrogen) atoms. The minimum Gasteiger partial charge on any atom is -0.383 e. The molecule has 6 nitrogen and oxygen atoms in total. The van der Waals surface area contributed by atoms with E-state index in [1.807, 2.05) is 6.07 Å². The van der Waals surface area contributed by atoms with Crippen LogP contribution in [0.25, 0.3) is 11.0 Å². The van der Waals surface area contributed by atoms with Crippen LogP contribution in [-0.2, 0) is 0 Å². The van der Waals surface area contributed by atoms with Crippen molar-refractivity contribution in [1.82, 2.24) is 19.7 Å². The van der Waals surface area contributed by atoms with Gasteiger partial charge in [0.05, 0.1) is 11.3 Å². The highest BCUT2D eigenvalue weighted by molar-refractivity contribution is 6.07. The van der Waals surface area contributed by atoms with Crippen LogP contribution in [0, 0.1) is 6.92 Å². The molecular formula is C12H11N5O. The van der Waals surface area contributed by atoms with Crippen LogP contribution < -0.4 is 5.73 Å². The number of rotatable bonds is 1. The van der Waals surface area contributed by atoms with Gasteiger partial charge in [0.15, 0.2) is 0 Å². The number of fused-ring (bicyclic) bond motifs is 1. The minimum absolute atomic E-state index is 0.264. The van der Waals surface area contributed by atoms with Gasteiger partial charge in [-0.25, -0.2) is 4.98 Å². The molecule has 0 atom stereocenters. The number of aryl methyl sites for hydroxylation is 1. The number of carbonyl (C=O) groups excluding carboxylic acids is 1. The number of nitrogens with one attached hydrogen (secondary N) is 1. The summed E-state index contributed by atoms with van der Waals surface area (Å²) in [6.07, 6.45) is 3.29. The van der Waals surface area contributed by atoms with Gasteiger partial charge in [-0.3, -0.25) is 4.79 Å². The highest BCUT2D eigenvalue weighted by Crippen LogP contribution is 2.18. The Bertz CT molecular complexity index is 740. The van der Waals surface area contributed by atoms with Gasteiger partial charge in [0.1, 0.15) is 11.5 Å². The largest absolute Gasteiger partial charge is 0.383 e. The van der Waals surface area contributed by atoms with Crippen molar-refractivity contribution in [3.8, 4) is 0 Å². The topological polar surface area (TPSA) is 89.6 Å². The van der Waals surface area contributed by atoms with Crippen molar-refractivity contribution in [1.29, 1.82) is 0 Å². The molecule has 3 aromatic rings. The van der Waals surface area contributed by atoms with Crippen LogP contribution in [0.3, 0.4) is 0 Å². The number of nitrogens with zero attached hydrogens (tertiary/aromatic N) is 3. The van der Waals surface area contributed by atoms with Gasteiger partial charge >= 0.3 is 0 Å². The third-order valence-electron chi connectivity index (χ3n) is 2.73. The summed E-state index contributed by atoms with van der Waals surface area (Å²) in [5.41, 5.74) is 7.63. The summed E-state index contributed by atoms with van der Waals surface area (Å²) in [7, 11) is 0. The fourth-order valence-corrected chi connectivity index (χ4v) is 1.93. The quantitative estimate of drug-likeness (QED) is 0.672. The second-order valence-corrected chi connectivity index (χ2v) is 4.03. The van der Waals surface area contributed by atoms with Gasteiger partial charge in [-0.15, -0.1) is 0 Å². The van der Waals surface area contributed by atoms with Crippen molar-refractivity contribution < 1.29 is 4.79 Å². The van der Waals surface area contributed by atoms with Crippen LogP contribution in [0.5, 0.6) is 0 Å². The third kappa shape index (κ3) is 1.46. The number of nitrogen functional groups attached to an aromatic ring is 1. The first kappa shape index (κ1) is 10.5. The smallest absolute Gasteiger partial charge is 0.282 e. The van der Waals surface area contributed by atoms with Gasteiger partial charge in [-0.2, -0.15) is 9.78 Å². The van der Waals surface area contributed by atoms with E-state index in [1.54, 1.807) is 31.5 Å². The zero-order valence-corrected chi connectivity index (χ0v) is 9.71. The summed E-state index contributed by atoms with van der Waals surface area (Å²) in [5.74, 6) is 0.0654. The molecule has 0 aliphatic heterocycles. The molecule has 6 heteroatoms. The lowest BCUT2D eigenvalue weighted by Gasteiger charge is -2.00. The lowest BCUT2D eigenvalue weighted by Crippen LogP contribution is -2.15. The van der Waals surface area contributed by atoms with Crippen LogP contribution in [0.2, 0.25) is 0 Å². The summed E-state index contributed by atoms with van der Waals surface area (Å²) in [5, 5.41) is 4.84. The number of hydrogen-bond donors (Lipinski definition) is 2. The molecule has 3 heterocycles. The van der Waals surface area contributed by atoms with Crippen molar-refractivity contribution in [2.45, 2.75) is 6.92 Å². The van der Waals surface area contributed by atoms with Crippen LogP contribution in [0.15, 0.2) is 30.6 Å². The highest BCUT2D eigenvalue weighted by Gasteiger charge is 2.17. The molecule has 0 bridgehead atoms. The van der Waals surface area contributed by atoms with Crippen molar-refractivity contribution >= 4 is 22.8 Å². The maximum absolute atomic E-state index is 12.3. The van der Waals surface area contributed by atoms with Gasteiger partial charge in [0, 0.05) is 23.8 Å². The molecule has 0 unspecified atom stereocenters. The molecule has 3 rings (SSSR count). The van der Waals surface area contributed by atoms with E-state index in [0.29, 0.717) is 22.7 Å². The third-order valence-corrected chi connectivity index (χ3v) is 2.73. The first-order valence-corrected chi connectivity index (χ1v) is 5.46. The molecule has 0 saturated carbocycles. The van der Waals surface area contributed by atoms with Crippen molar-refractivity contribution in [3.63, 3.8) is 0 Å². The molecule has 0 aromatic carbocycles. The number of carbonyl (C=O) groups is 1. The van der Waals surface area contributed by atoms with E-state index >= 15 is 0 Å². The number of hydrogen-bond acceptors (Lipinski definition) is 4. The summed E-state index contributed by atoms with van der Waals surface area (Å²) >= 11 is 0. The number of pyridine rings is 1. The summed E-state index contributed by atoms with van der Waals surface area (Å²) in [4.78, 5) is 19.4. The Morgan fingerprint density at radius 1 is 1.50 bits per heavy atom. The first-order valence-electron chi connectivity index (χ1n) is 5.46. The molecule has 0 spiro atoms. The molecule has 0 aliphatic carbocycles. The number of anilines is 1. The molecule has 0 aliphatic rings. The zero-order valence-electron chi connectivity index (χ0n) is 9.71. The molecule has 3 N–H and O–H groups in total. The van der Waals surface area contributed by atoms with E-state index in [4.69, 9.17) is 5.73 Å². The van der Waals surface area contributed by atoms with Crippen molar-refractivity contribution in [3.05, 3.63) is 41.9 Å². The average molecular weight is 241 g/mol. The number of aromatic nitrogens is 4. The average Bonchev–Trinajstić information content (AvgIpc) is 2.92. The molecule has 0 saturated heterocycles. The van der Waals surface area contributed by atoms with E-state index in [-0.39, 0.29) is 5.91 Å². The van der Waals surface area contributed by atoms with Gasteiger partial charge in [-0.1, -0.05) is 0 Å². The Labute approximate surface area is 102 Å². The van der Waals surface area contributed by atoms with Gasteiger partial charge in [0.25, 0.3) is 5.91 Å². The van der Waals surface area contributed by atoms with Gasteiger partial charge < -0.3 is 10.7 Å². The number of aromatic amines is 1. The summed E-state index contributed by atoms with van der Waals surface area (Å²) in [6.45, 7) is 1.79. The summed E-state index contributed by atoms with van der Waals surface area (Å²) < 4.78 is 1.20. The van der Waals surface area contributed by atoms with E-state index in [0.717, 1.165) is 5.39 Å². The van der Waals surface area contributed by atoms with E-state index in [9.17, 15) is 4.79 Å². The van der Waals surface area contributed by atoms with Gasteiger partial charge in [0.2, 0.25) is 0 Å². The molecular weight excluding hydrogens is 230 g/mol. The molecule has 0 radical (unpaired) electrons. The van der Waals surface area contributed by atoms with Crippen molar-refractivity contribution in [2.75, 3.05) is 5.73 Å². The monoisotopic (exact) mass is 241 g/mol. The first-order chi connectivity index (χ1) is 8.66. The Kier molecular flexibility index (Phi) is 2.16. The second-order valence-electron chi connectivity index (χ2n) is 4.03. The molecule has 90 valence electrons. The minimum atomic E-state index is -0.264. The van der Waals surface area contributed by atoms with Gasteiger partial charge in [-0.05, 0) is 19.1 Å². The number of nitrogens with two attached hydrogens (primary N) is 1. The fraction of sp³-hybridized carbons (Fsp3) is 0.0833.